The molecule has 0 aromatic carbocycles. The van der Waals surface area contributed by atoms with Gasteiger partial charge >= 0.3 is 0 Å². The Morgan fingerprint density at radius 3 is 2.62 bits per heavy atom. The SMILES string of the molecule is Brc1ccc(Cn2cccc2)nc1. The molecule has 66 valence electrons. The van der Waals surface area contributed by atoms with Crippen molar-refractivity contribution in [2.75, 3.05) is 0 Å². The van der Waals surface area contributed by atoms with Gasteiger partial charge in [-0.15, -0.1) is 0 Å². The summed E-state index contributed by atoms with van der Waals surface area (Å²) in [6, 6.07) is 8.05. The molecule has 2 nitrogen and oxygen atoms in total. The van der Waals surface area contributed by atoms with Gasteiger partial charge < -0.3 is 4.57 Å². The van der Waals surface area contributed by atoms with Crippen molar-refractivity contribution < 1.29 is 0 Å². The van der Waals surface area contributed by atoms with Crippen LogP contribution in [-0.2, 0) is 6.54 Å². The number of nitrogens with zero attached hydrogens (tertiary/aromatic N) is 2. The number of pyridine rings is 1. The quantitative estimate of drug-likeness (QED) is 0.785. The zero-order chi connectivity index (χ0) is 9.10. The minimum absolute atomic E-state index is 0.834. The highest BCUT2D eigenvalue weighted by molar-refractivity contribution is 9.10. The summed E-state index contributed by atoms with van der Waals surface area (Å²) in [4.78, 5) is 4.29. The summed E-state index contributed by atoms with van der Waals surface area (Å²) in [5.74, 6) is 0. The fourth-order valence-electron chi connectivity index (χ4n) is 1.16. The van der Waals surface area contributed by atoms with Gasteiger partial charge in [-0.05, 0) is 40.2 Å². The van der Waals surface area contributed by atoms with Gasteiger partial charge in [0.05, 0.1) is 12.2 Å². The van der Waals surface area contributed by atoms with Crippen molar-refractivity contribution >= 4 is 15.9 Å². The summed E-state index contributed by atoms with van der Waals surface area (Å²) >= 11 is 3.35. The van der Waals surface area contributed by atoms with Crippen molar-refractivity contribution in [2.45, 2.75) is 6.54 Å². The second kappa shape index (κ2) is 3.75. The molecular weight excluding hydrogens is 228 g/mol. The van der Waals surface area contributed by atoms with Crippen LogP contribution in [0.15, 0.2) is 47.3 Å². The Kier molecular flexibility index (Phi) is 2.45. The molecule has 0 aliphatic heterocycles. The standard InChI is InChI=1S/C10H9BrN2/c11-9-3-4-10(12-7-9)8-13-5-1-2-6-13/h1-7H,8H2. The zero-order valence-corrected chi connectivity index (χ0v) is 8.61. The summed E-state index contributed by atoms with van der Waals surface area (Å²) in [7, 11) is 0. The van der Waals surface area contributed by atoms with Crippen molar-refractivity contribution in [1.82, 2.24) is 9.55 Å². The van der Waals surface area contributed by atoms with Gasteiger partial charge in [0.15, 0.2) is 0 Å². The molecule has 0 saturated heterocycles. The van der Waals surface area contributed by atoms with E-state index in [1.165, 1.54) is 0 Å². The van der Waals surface area contributed by atoms with Gasteiger partial charge in [-0.1, -0.05) is 0 Å². The third-order valence-electron chi connectivity index (χ3n) is 1.80. The molecule has 0 aliphatic rings. The van der Waals surface area contributed by atoms with Crippen LogP contribution in [0.25, 0.3) is 0 Å². The van der Waals surface area contributed by atoms with E-state index in [-0.39, 0.29) is 0 Å². The highest BCUT2D eigenvalue weighted by atomic mass is 79.9. The van der Waals surface area contributed by atoms with E-state index < -0.39 is 0 Å². The Hall–Kier alpha value is -1.09. The predicted molar refractivity (Wildman–Crippen MR) is 55.5 cm³/mol. The van der Waals surface area contributed by atoms with E-state index in [1.807, 2.05) is 42.9 Å². The topological polar surface area (TPSA) is 17.8 Å². The van der Waals surface area contributed by atoms with Gasteiger partial charge in [0.1, 0.15) is 0 Å². The summed E-state index contributed by atoms with van der Waals surface area (Å²) in [6.45, 7) is 0.834. The van der Waals surface area contributed by atoms with Crippen molar-refractivity contribution in [2.24, 2.45) is 0 Å². The molecule has 2 heterocycles. The molecule has 0 atom stereocenters. The third kappa shape index (κ3) is 2.18. The molecule has 0 amide bonds. The van der Waals surface area contributed by atoms with Crippen LogP contribution in [0.5, 0.6) is 0 Å². The lowest BCUT2D eigenvalue weighted by Crippen LogP contribution is -1.97. The first kappa shape index (κ1) is 8.51. The van der Waals surface area contributed by atoms with Gasteiger partial charge in [-0.3, -0.25) is 4.98 Å². The van der Waals surface area contributed by atoms with Gasteiger partial charge in [0, 0.05) is 23.1 Å². The van der Waals surface area contributed by atoms with E-state index in [0.29, 0.717) is 0 Å². The molecule has 0 unspecified atom stereocenters. The zero-order valence-electron chi connectivity index (χ0n) is 7.02. The normalized spacial score (nSPS) is 10.2. The summed E-state index contributed by atoms with van der Waals surface area (Å²) in [5, 5.41) is 0. The highest BCUT2D eigenvalue weighted by Crippen LogP contribution is 2.08. The Morgan fingerprint density at radius 1 is 1.23 bits per heavy atom. The fraction of sp³-hybridized carbons (Fsp3) is 0.100. The van der Waals surface area contributed by atoms with E-state index in [1.54, 1.807) is 0 Å². The number of aromatic nitrogens is 2. The van der Waals surface area contributed by atoms with E-state index in [0.717, 1.165) is 16.7 Å². The fourth-order valence-corrected chi connectivity index (χ4v) is 1.40. The molecule has 2 aromatic rings. The summed E-state index contributed by atoms with van der Waals surface area (Å²) < 4.78 is 3.11. The highest BCUT2D eigenvalue weighted by Gasteiger charge is 1.94. The van der Waals surface area contributed by atoms with Gasteiger partial charge in [-0.25, -0.2) is 0 Å². The maximum Gasteiger partial charge on any atom is 0.0642 e. The lowest BCUT2D eigenvalue weighted by Gasteiger charge is -2.01. The molecule has 0 radical (unpaired) electrons. The molecule has 0 bridgehead atoms. The molecule has 13 heavy (non-hydrogen) atoms. The maximum absolute atomic E-state index is 4.29. The molecule has 0 spiro atoms. The Bertz CT molecular complexity index is 364. The Morgan fingerprint density at radius 2 is 2.00 bits per heavy atom. The third-order valence-corrected chi connectivity index (χ3v) is 2.27. The average molecular weight is 237 g/mol. The molecular formula is C10H9BrN2. The average Bonchev–Trinajstić information content (AvgIpc) is 2.62. The Balaban J connectivity index is 2.15. The van der Waals surface area contributed by atoms with E-state index in [9.17, 15) is 0 Å². The molecule has 0 N–H and O–H groups in total. The van der Waals surface area contributed by atoms with Crippen LogP contribution in [0.3, 0.4) is 0 Å². The van der Waals surface area contributed by atoms with Gasteiger partial charge in [-0.2, -0.15) is 0 Å². The molecule has 2 aromatic heterocycles. The van der Waals surface area contributed by atoms with Crippen molar-refractivity contribution in [3.63, 3.8) is 0 Å². The van der Waals surface area contributed by atoms with E-state index in [2.05, 4.69) is 25.5 Å². The number of hydrogen-bond acceptors (Lipinski definition) is 1. The first-order chi connectivity index (χ1) is 6.34. The van der Waals surface area contributed by atoms with Crippen molar-refractivity contribution in [1.29, 1.82) is 0 Å². The van der Waals surface area contributed by atoms with Crippen LogP contribution in [0.1, 0.15) is 5.69 Å². The van der Waals surface area contributed by atoms with E-state index in [4.69, 9.17) is 0 Å². The second-order valence-corrected chi connectivity index (χ2v) is 3.74. The maximum atomic E-state index is 4.29. The summed E-state index contributed by atoms with van der Waals surface area (Å²) in [5.41, 5.74) is 1.07. The largest absolute Gasteiger partial charge is 0.348 e. The predicted octanol–water partition coefficient (Wildman–Crippen LogP) is 2.69. The lowest BCUT2D eigenvalue weighted by molar-refractivity contribution is 0.780. The van der Waals surface area contributed by atoms with Crippen LogP contribution in [0, 0.1) is 0 Å². The van der Waals surface area contributed by atoms with E-state index >= 15 is 0 Å². The van der Waals surface area contributed by atoms with Crippen molar-refractivity contribution in [3.8, 4) is 0 Å². The number of halogens is 1. The van der Waals surface area contributed by atoms with Crippen LogP contribution < -0.4 is 0 Å². The Labute approximate surface area is 85.4 Å². The molecule has 0 saturated carbocycles. The smallest absolute Gasteiger partial charge is 0.0642 e. The van der Waals surface area contributed by atoms with Crippen LogP contribution in [-0.4, -0.2) is 9.55 Å². The van der Waals surface area contributed by atoms with Gasteiger partial charge in [0.2, 0.25) is 0 Å². The molecule has 0 fully saturated rings. The molecule has 2 rings (SSSR count). The minimum Gasteiger partial charge on any atom is -0.348 e. The lowest BCUT2D eigenvalue weighted by atomic mass is 10.3. The first-order valence-corrected chi connectivity index (χ1v) is 4.85. The van der Waals surface area contributed by atoms with Gasteiger partial charge in [0.25, 0.3) is 0 Å². The van der Waals surface area contributed by atoms with Crippen molar-refractivity contribution in [3.05, 3.63) is 53.0 Å². The summed E-state index contributed by atoms with van der Waals surface area (Å²) in [6.07, 6.45) is 5.88. The second-order valence-electron chi connectivity index (χ2n) is 2.82. The molecule has 3 heteroatoms. The number of hydrogen-bond donors (Lipinski definition) is 0. The molecule has 0 aliphatic carbocycles. The van der Waals surface area contributed by atoms with Crippen LogP contribution >= 0.6 is 15.9 Å². The first-order valence-electron chi connectivity index (χ1n) is 4.06. The van der Waals surface area contributed by atoms with Crippen LogP contribution in [0.4, 0.5) is 0 Å². The number of rotatable bonds is 2. The van der Waals surface area contributed by atoms with Crippen LogP contribution in [0.2, 0.25) is 0 Å². The monoisotopic (exact) mass is 236 g/mol. The minimum atomic E-state index is 0.834.